The van der Waals surface area contributed by atoms with Crippen LogP contribution in [0.3, 0.4) is 0 Å². The Hall–Kier alpha value is -1.39. The van der Waals surface area contributed by atoms with Crippen molar-refractivity contribution in [3.05, 3.63) is 35.9 Å². The monoisotopic (exact) mass is 557 g/mol. The minimum Gasteiger partial charge on any atom is -0.379 e. The lowest BCUT2D eigenvalue weighted by molar-refractivity contribution is -0.127. The van der Waals surface area contributed by atoms with Crippen molar-refractivity contribution in [1.82, 2.24) is 20.4 Å². The first-order chi connectivity index (χ1) is 15.2. The van der Waals surface area contributed by atoms with E-state index in [0.717, 1.165) is 77.8 Å². The SMILES string of the molecule is CCNC(=NCC1CC(=O)N(CCc2ccccc2)C1)NCCCCN1CCOCC1.I. The largest absolute Gasteiger partial charge is 0.379 e. The van der Waals surface area contributed by atoms with E-state index in [4.69, 9.17) is 9.73 Å². The molecule has 180 valence electrons. The van der Waals surface area contributed by atoms with Gasteiger partial charge in [0.05, 0.1) is 13.2 Å². The van der Waals surface area contributed by atoms with Crippen LogP contribution in [-0.4, -0.2) is 87.2 Å². The Morgan fingerprint density at radius 2 is 1.91 bits per heavy atom. The summed E-state index contributed by atoms with van der Waals surface area (Å²) >= 11 is 0. The van der Waals surface area contributed by atoms with Crippen molar-refractivity contribution in [2.45, 2.75) is 32.6 Å². The van der Waals surface area contributed by atoms with Crippen molar-refractivity contribution in [2.24, 2.45) is 10.9 Å². The molecular weight excluding hydrogens is 517 g/mol. The second-order valence-electron chi connectivity index (χ2n) is 8.45. The first-order valence-corrected chi connectivity index (χ1v) is 11.9. The van der Waals surface area contributed by atoms with Crippen LogP contribution >= 0.6 is 24.0 Å². The Bertz CT molecular complexity index is 682. The summed E-state index contributed by atoms with van der Waals surface area (Å²) in [6, 6.07) is 10.4. The van der Waals surface area contributed by atoms with Gasteiger partial charge in [0.1, 0.15) is 0 Å². The molecule has 1 atom stereocenters. The van der Waals surface area contributed by atoms with Gasteiger partial charge >= 0.3 is 0 Å². The molecule has 7 nitrogen and oxygen atoms in total. The van der Waals surface area contributed by atoms with Gasteiger partial charge in [0, 0.05) is 58.2 Å². The van der Waals surface area contributed by atoms with Gasteiger partial charge in [-0.25, -0.2) is 0 Å². The molecule has 2 fully saturated rings. The highest BCUT2D eigenvalue weighted by atomic mass is 127. The van der Waals surface area contributed by atoms with Crippen LogP contribution in [0.2, 0.25) is 0 Å². The van der Waals surface area contributed by atoms with Crippen molar-refractivity contribution >= 4 is 35.8 Å². The second-order valence-corrected chi connectivity index (χ2v) is 8.45. The number of nitrogens with one attached hydrogen (secondary N) is 2. The first kappa shape index (κ1) is 26.9. The van der Waals surface area contributed by atoms with Crippen LogP contribution in [0.15, 0.2) is 35.3 Å². The summed E-state index contributed by atoms with van der Waals surface area (Å²) in [5.74, 6) is 1.43. The molecular formula is C24H40IN5O2. The van der Waals surface area contributed by atoms with E-state index >= 15 is 0 Å². The third-order valence-corrected chi connectivity index (χ3v) is 5.96. The minimum absolute atomic E-state index is 0. The van der Waals surface area contributed by atoms with Crippen LogP contribution < -0.4 is 10.6 Å². The predicted molar refractivity (Wildman–Crippen MR) is 141 cm³/mol. The predicted octanol–water partition coefficient (Wildman–Crippen LogP) is 2.36. The zero-order valence-electron chi connectivity index (χ0n) is 19.4. The fourth-order valence-electron chi connectivity index (χ4n) is 4.16. The fraction of sp³-hybridized carbons (Fsp3) is 0.667. The maximum atomic E-state index is 12.4. The summed E-state index contributed by atoms with van der Waals surface area (Å²) < 4.78 is 5.40. The summed E-state index contributed by atoms with van der Waals surface area (Å²) in [4.78, 5) is 21.6. The molecule has 2 aliphatic rings. The van der Waals surface area contributed by atoms with E-state index in [2.05, 4.69) is 46.7 Å². The minimum atomic E-state index is 0. The quantitative estimate of drug-likeness (QED) is 0.189. The lowest BCUT2D eigenvalue weighted by Crippen LogP contribution is -2.39. The highest BCUT2D eigenvalue weighted by molar-refractivity contribution is 14.0. The maximum Gasteiger partial charge on any atom is 0.223 e. The summed E-state index contributed by atoms with van der Waals surface area (Å²) in [7, 11) is 0. The number of morpholine rings is 1. The van der Waals surface area contributed by atoms with Crippen LogP contribution in [0.1, 0.15) is 31.7 Å². The number of guanidine groups is 1. The molecule has 0 aliphatic carbocycles. The molecule has 1 aromatic carbocycles. The number of likely N-dealkylation sites (tertiary alicyclic amines) is 1. The van der Waals surface area contributed by atoms with Crippen molar-refractivity contribution in [3.8, 4) is 0 Å². The second kappa shape index (κ2) is 15.4. The van der Waals surface area contributed by atoms with E-state index in [1.165, 1.54) is 12.0 Å². The van der Waals surface area contributed by atoms with E-state index in [9.17, 15) is 4.79 Å². The molecule has 2 heterocycles. The topological polar surface area (TPSA) is 69.2 Å². The number of amides is 1. The molecule has 32 heavy (non-hydrogen) atoms. The van der Waals surface area contributed by atoms with E-state index in [1.54, 1.807) is 0 Å². The third-order valence-electron chi connectivity index (χ3n) is 5.96. The Labute approximate surface area is 210 Å². The zero-order chi connectivity index (χ0) is 21.7. The van der Waals surface area contributed by atoms with Gasteiger partial charge in [-0.15, -0.1) is 24.0 Å². The van der Waals surface area contributed by atoms with Gasteiger partial charge < -0.3 is 20.3 Å². The molecule has 2 aliphatic heterocycles. The number of rotatable bonds is 11. The van der Waals surface area contributed by atoms with Gasteiger partial charge in [-0.3, -0.25) is 14.7 Å². The van der Waals surface area contributed by atoms with Crippen LogP contribution in [-0.2, 0) is 16.0 Å². The molecule has 1 amide bonds. The molecule has 0 radical (unpaired) electrons. The molecule has 0 saturated carbocycles. The molecule has 2 saturated heterocycles. The van der Waals surface area contributed by atoms with Gasteiger partial charge in [0.25, 0.3) is 0 Å². The van der Waals surface area contributed by atoms with Crippen LogP contribution in [0.4, 0.5) is 0 Å². The number of nitrogens with zero attached hydrogens (tertiary/aromatic N) is 3. The van der Waals surface area contributed by atoms with Gasteiger partial charge in [0.15, 0.2) is 5.96 Å². The van der Waals surface area contributed by atoms with Gasteiger partial charge in [0.2, 0.25) is 5.91 Å². The standard InChI is InChI=1S/C24H39N5O2.HI/c1-2-25-24(26-11-6-7-12-28-14-16-31-17-15-28)27-19-22-18-23(30)29(20-22)13-10-21-8-4-3-5-9-21;/h3-5,8-9,22H,2,6-7,10-20H2,1H3,(H2,25,26,27);1H. The maximum absolute atomic E-state index is 12.4. The van der Waals surface area contributed by atoms with Crippen LogP contribution in [0.5, 0.6) is 0 Å². The lowest BCUT2D eigenvalue weighted by Gasteiger charge is -2.26. The highest BCUT2D eigenvalue weighted by Gasteiger charge is 2.29. The molecule has 1 aromatic rings. The number of benzene rings is 1. The van der Waals surface area contributed by atoms with E-state index < -0.39 is 0 Å². The summed E-state index contributed by atoms with van der Waals surface area (Å²) in [6.45, 7) is 11.1. The number of aliphatic imine (C=N–C) groups is 1. The molecule has 0 spiro atoms. The van der Waals surface area contributed by atoms with Gasteiger partial charge in [-0.2, -0.15) is 0 Å². The summed E-state index contributed by atoms with van der Waals surface area (Å²) in [6.07, 6.45) is 3.82. The average molecular weight is 558 g/mol. The fourth-order valence-corrected chi connectivity index (χ4v) is 4.16. The number of carbonyl (C=O) groups is 1. The molecule has 2 N–H and O–H groups in total. The average Bonchev–Trinajstić information content (AvgIpc) is 3.16. The Kier molecular flexibility index (Phi) is 13.0. The Morgan fingerprint density at radius 3 is 2.66 bits per heavy atom. The van der Waals surface area contributed by atoms with Crippen molar-refractivity contribution in [2.75, 3.05) is 65.6 Å². The molecule has 8 heteroatoms. The summed E-state index contributed by atoms with van der Waals surface area (Å²) in [5, 5.41) is 6.78. The summed E-state index contributed by atoms with van der Waals surface area (Å²) in [5.41, 5.74) is 1.28. The lowest BCUT2D eigenvalue weighted by atomic mass is 10.1. The van der Waals surface area contributed by atoms with E-state index in [1.807, 2.05) is 11.0 Å². The van der Waals surface area contributed by atoms with Crippen molar-refractivity contribution < 1.29 is 9.53 Å². The van der Waals surface area contributed by atoms with Crippen molar-refractivity contribution in [3.63, 3.8) is 0 Å². The molecule has 1 unspecified atom stereocenters. The van der Waals surface area contributed by atoms with Crippen LogP contribution in [0, 0.1) is 5.92 Å². The number of unbranched alkanes of at least 4 members (excludes halogenated alkanes) is 1. The highest BCUT2D eigenvalue weighted by Crippen LogP contribution is 2.18. The zero-order valence-corrected chi connectivity index (χ0v) is 21.8. The molecule has 0 bridgehead atoms. The Morgan fingerprint density at radius 1 is 1.12 bits per heavy atom. The van der Waals surface area contributed by atoms with Crippen molar-refractivity contribution in [1.29, 1.82) is 0 Å². The normalized spacial score (nSPS) is 19.7. The van der Waals surface area contributed by atoms with Gasteiger partial charge in [-0.05, 0) is 38.3 Å². The van der Waals surface area contributed by atoms with Crippen LogP contribution in [0.25, 0.3) is 0 Å². The smallest absolute Gasteiger partial charge is 0.223 e. The van der Waals surface area contributed by atoms with E-state index in [-0.39, 0.29) is 29.9 Å². The number of ether oxygens (including phenoxy) is 1. The number of carbonyl (C=O) groups excluding carboxylic acids is 1. The molecule has 3 rings (SSSR count). The third kappa shape index (κ3) is 9.62. The molecule has 0 aromatic heterocycles. The number of hydrogen-bond donors (Lipinski definition) is 2. The van der Waals surface area contributed by atoms with E-state index in [0.29, 0.717) is 18.9 Å². The number of halogens is 1. The Balaban J connectivity index is 0.00000363. The number of hydrogen-bond acceptors (Lipinski definition) is 4. The van der Waals surface area contributed by atoms with Gasteiger partial charge in [-0.1, -0.05) is 30.3 Å². The first-order valence-electron chi connectivity index (χ1n) is 11.9.